The van der Waals surface area contributed by atoms with Crippen LogP contribution in [0.4, 0.5) is 4.79 Å². The third kappa shape index (κ3) is 23.8. The maximum absolute atomic E-state index is 14.9. The van der Waals surface area contributed by atoms with E-state index in [1.807, 2.05) is 51.1 Å². The molecular weight excluding hydrogens is 1180 g/mol. The standard InChI is InChI=1S/C65H99N9O15S/c1-41-42(2)55(43(3)54-46(41)39-65(10,11)88-54)90(84,85)73-61(66)67-37-23-31-50-60(82)74-38-24-32-51(74)59(81)71-49(29-18-13-17-27-45(75)34-35-52(76)86-40-44-25-15-12-16-26-44)57(79)70-48(30-21-22-36-68-62(83)89-64(7,8)9)56(78)69-47(58(80)72-50)28-19-14-20-33-53(77)87-63(4,5)6/h12,15-16,25-26,47-51H,13-14,17-24,27-40H2,1-11H3,(H,68,83)(H,69,78)(H,70,79)(H,71,81)(H,72,80)(H3,66,67,73)/t47-,48-,49-,50-,51+/m0/s1. The number of ether oxygens (including phenoxy) is 4. The van der Waals surface area contributed by atoms with E-state index in [9.17, 15) is 51.6 Å². The zero-order chi connectivity index (χ0) is 66.6. The minimum absolute atomic E-state index is 0.000610. The molecule has 3 aliphatic heterocycles. The molecule has 0 bridgehead atoms. The van der Waals surface area contributed by atoms with Gasteiger partial charge in [0.25, 0.3) is 10.0 Å². The molecular formula is C65H99N9O15S. The van der Waals surface area contributed by atoms with Gasteiger partial charge in [0.2, 0.25) is 35.5 Å². The van der Waals surface area contributed by atoms with Crippen molar-refractivity contribution in [3.63, 3.8) is 0 Å². The summed E-state index contributed by atoms with van der Waals surface area (Å²) in [6.45, 7) is 19.9. The van der Waals surface area contributed by atoms with Gasteiger partial charge in [-0.3, -0.25) is 43.3 Å². The summed E-state index contributed by atoms with van der Waals surface area (Å²) in [5.74, 6) is -4.30. The van der Waals surface area contributed by atoms with Gasteiger partial charge in [-0.2, -0.15) is 0 Å². The molecule has 5 atom stereocenters. The van der Waals surface area contributed by atoms with Crippen molar-refractivity contribution in [1.82, 2.24) is 36.2 Å². The van der Waals surface area contributed by atoms with Crippen LogP contribution in [-0.2, 0) is 75.6 Å². The number of ketones is 1. The fourth-order valence-corrected chi connectivity index (χ4v) is 12.7. The number of hydrogen-bond acceptors (Lipinski definition) is 16. The second-order valence-corrected chi connectivity index (χ2v) is 28.0. The number of amides is 6. The van der Waals surface area contributed by atoms with E-state index in [-0.39, 0.29) is 101 Å². The molecule has 0 aliphatic carbocycles. The molecule has 90 heavy (non-hydrogen) atoms. The van der Waals surface area contributed by atoms with E-state index >= 15 is 0 Å². The SMILES string of the molecule is Cc1c(C)c(S(=O)(=O)NC(N)=NCCC[C@@H]2NC(=O)[C@H](CCCCCC(=O)OC(C)(C)C)NC(=O)[C@H](CCCCNC(=O)OC(C)(C)C)NC(=O)[C@H](CCCCCC(=O)CCC(=O)OCc3ccccc3)NC(=O)[C@H]3CCCN3C2=O)c(C)c2c1CC(C)(C)O2. The molecule has 24 nitrogen and oxygen atoms in total. The van der Waals surface area contributed by atoms with Crippen LogP contribution in [-0.4, -0.2) is 139 Å². The van der Waals surface area contributed by atoms with Gasteiger partial charge in [0.15, 0.2) is 0 Å². The van der Waals surface area contributed by atoms with E-state index in [4.69, 9.17) is 24.7 Å². The lowest BCUT2D eigenvalue weighted by Gasteiger charge is -2.30. The summed E-state index contributed by atoms with van der Waals surface area (Å²) in [5.41, 5.74) is 7.84. The van der Waals surface area contributed by atoms with Gasteiger partial charge in [0.05, 0.1) is 11.3 Å². The Bertz CT molecular complexity index is 3010. The van der Waals surface area contributed by atoms with Gasteiger partial charge in [-0.05, 0) is 163 Å². The van der Waals surface area contributed by atoms with Crippen molar-refractivity contribution in [3.05, 3.63) is 58.1 Å². The van der Waals surface area contributed by atoms with Crippen molar-refractivity contribution in [3.8, 4) is 5.75 Å². The Morgan fingerprint density at radius 2 is 1.23 bits per heavy atom. The minimum atomic E-state index is -4.28. The normalized spacial score (nSPS) is 20.0. The molecule has 2 aromatic rings. The van der Waals surface area contributed by atoms with E-state index in [2.05, 4.69) is 36.3 Å². The number of sulfonamides is 1. The fourth-order valence-electron chi connectivity index (χ4n) is 11.2. The van der Waals surface area contributed by atoms with Crippen LogP contribution in [0.5, 0.6) is 5.75 Å². The number of nitrogens with one attached hydrogen (secondary N) is 6. The van der Waals surface area contributed by atoms with Crippen molar-refractivity contribution in [2.75, 3.05) is 19.6 Å². The first-order valence-electron chi connectivity index (χ1n) is 31.8. The average Bonchev–Trinajstić information content (AvgIpc) is 1.51. The number of hydrogen-bond donors (Lipinski definition) is 7. The Hall–Kier alpha value is -7.31. The van der Waals surface area contributed by atoms with Gasteiger partial charge >= 0.3 is 18.0 Å². The Kier molecular flexibility index (Phi) is 27.5. The molecule has 0 radical (unpaired) electrons. The van der Waals surface area contributed by atoms with Gasteiger partial charge in [0.1, 0.15) is 65.2 Å². The van der Waals surface area contributed by atoms with Crippen LogP contribution in [0.1, 0.15) is 205 Å². The highest BCUT2D eigenvalue weighted by atomic mass is 32.2. The molecule has 8 N–H and O–H groups in total. The predicted octanol–water partition coefficient (Wildman–Crippen LogP) is 6.67. The maximum Gasteiger partial charge on any atom is 0.407 e. The number of aliphatic imine (C=N–C) groups is 1. The van der Waals surface area contributed by atoms with Gasteiger partial charge in [0, 0.05) is 56.4 Å². The van der Waals surface area contributed by atoms with Crippen LogP contribution in [0.15, 0.2) is 40.2 Å². The molecule has 2 saturated heterocycles. The number of esters is 2. The molecule has 5 rings (SSSR count). The summed E-state index contributed by atoms with van der Waals surface area (Å²) in [4.78, 5) is 129. The summed E-state index contributed by atoms with van der Waals surface area (Å²) in [6, 6.07) is 3.10. The Morgan fingerprint density at radius 3 is 1.83 bits per heavy atom. The largest absolute Gasteiger partial charge is 0.487 e. The summed E-state index contributed by atoms with van der Waals surface area (Å²) in [6.07, 6.45) is 4.15. The van der Waals surface area contributed by atoms with Crippen LogP contribution in [0.2, 0.25) is 0 Å². The third-order valence-corrected chi connectivity index (χ3v) is 17.4. The number of guanidine groups is 1. The number of nitrogens with zero attached hydrogens (tertiary/aromatic N) is 2. The van der Waals surface area contributed by atoms with Crippen molar-refractivity contribution < 1.29 is 70.5 Å². The second-order valence-electron chi connectivity index (χ2n) is 26.4. The number of carbonyl (C=O) groups excluding carboxylic acids is 9. The Balaban J connectivity index is 1.37. The monoisotopic (exact) mass is 1280 g/mol. The number of rotatable bonds is 28. The van der Waals surface area contributed by atoms with Gasteiger partial charge in [-0.1, -0.05) is 56.0 Å². The molecule has 25 heteroatoms. The van der Waals surface area contributed by atoms with E-state index in [1.54, 1.807) is 55.4 Å². The van der Waals surface area contributed by atoms with Gasteiger partial charge < -0.3 is 56.2 Å². The number of benzene rings is 2. The Labute approximate surface area is 531 Å². The highest BCUT2D eigenvalue weighted by Gasteiger charge is 2.41. The van der Waals surface area contributed by atoms with Crippen LogP contribution in [0, 0.1) is 20.8 Å². The van der Waals surface area contributed by atoms with Crippen LogP contribution < -0.4 is 41.8 Å². The smallest absolute Gasteiger partial charge is 0.407 e. The number of fused-ring (bicyclic) bond motifs is 2. The summed E-state index contributed by atoms with van der Waals surface area (Å²) in [7, 11) is -4.28. The van der Waals surface area contributed by atoms with Crippen molar-refractivity contribution in [2.45, 2.75) is 263 Å². The molecule has 6 amide bonds. The topological polar surface area (TPSA) is 338 Å². The number of carbonyl (C=O) groups is 9. The van der Waals surface area contributed by atoms with Crippen molar-refractivity contribution in [2.24, 2.45) is 10.7 Å². The lowest BCUT2D eigenvalue weighted by molar-refractivity contribution is -0.155. The summed E-state index contributed by atoms with van der Waals surface area (Å²) < 4.78 is 52.7. The number of nitrogens with two attached hydrogens (primary N) is 1. The first-order chi connectivity index (χ1) is 42.2. The second kappa shape index (κ2) is 33.7. The van der Waals surface area contributed by atoms with Crippen LogP contribution in [0.3, 0.4) is 0 Å². The number of alkyl carbamates (subject to hydrolysis) is 1. The lowest BCUT2D eigenvalue weighted by Crippen LogP contribution is -2.57. The molecule has 2 aromatic carbocycles. The average molecular weight is 1280 g/mol. The number of Topliss-reactive ketones (excluding diaryl/α,β-unsaturated/α-hetero) is 1. The molecule has 0 saturated carbocycles. The summed E-state index contributed by atoms with van der Waals surface area (Å²) in [5, 5.41) is 14.1. The molecule has 500 valence electrons. The zero-order valence-electron chi connectivity index (χ0n) is 54.7. The maximum atomic E-state index is 14.9. The lowest BCUT2D eigenvalue weighted by atomic mass is 9.93. The van der Waals surface area contributed by atoms with Gasteiger partial charge in [-0.15, -0.1) is 0 Å². The van der Waals surface area contributed by atoms with E-state index in [0.717, 1.165) is 16.7 Å². The van der Waals surface area contributed by atoms with Crippen LogP contribution >= 0.6 is 0 Å². The van der Waals surface area contributed by atoms with Crippen molar-refractivity contribution in [1.29, 1.82) is 0 Å². The molecule has 0 spiro atoms. The summed E-state index contributed by atoms with van der Waals surface area (Å²) >= 11 is 0. The van der Waals surface area contributed by atoms with E-state index < -0.39 is 111 Å². The molecule has 3 aliphatic rings. The van der Waals surface area contributed by atoms with Crippen LogP contribution in [0.25, 0.3) is 0 Å². The molecule has 3 heterocycles. The quantitative estimate of drug-likeness (QED) is 0.0154. The molecule has 2 fully saturated rings. The predicted molar refractivity (Wildman–Crippen MR) is 338 cm³/mol. The minimum Gasteiger partial charge on any atom is -0.487 e. The van der Waals surface area contributed by atoms with Crippen molar-refractivity contribution >= 4 is 69.3 Å². The first-order valence-corrected chi connectivity index (χ1v) is 33.3. The van der Waals surface area contributed by atoms with E-state index in [1.165, 1.54) is 4.90 Å². The highest BCUT2D eigenvalue weighted by Crippen LogP contribution is 2.44. The zero-order valence-corrected chi connectivity index (χ0v) is 55.6. The van der Waals surface area contributed by atoms with E-state index in [0.29, 0.717) is 81.1 Å². The van der Waals surface area contributed by atoms with Gasteiger partial charge in [-0.25, -0.2) is 17.9 Å². The molecule has 0 aromatic heterocycles. The molecule has 0 unspecified atom stereocenters. The highest BCUT2D eigenvalue weighted by molar-refractivity contribution is 7.90. The fraction of sp³-hybridized carbons (Fsp3) is 0.662. The first kappa shape index (κ1) is 73.4. The Morgan fingerprint density at radius 1 is 0.678 bits per heavy atom. The third-order valence-electron chi connectivity index (χ3n) is 15.8. The number of unbranched alkanes of at least 4 members (excludes halogenated alkanes) is 5.